The molecule has 2 atom stereocenters. The van der Waals surface area contributed by atoms with Crippen molar-refractivity contribution in [3.63, 3.8) is 0 Å². The maximum atomic E-state index is 11.4. The van der Waals surface area contributed by atoms with E-state index in [9.17, 15) is 8.42 Å². The second-order valence-corrected chi connectivity index (χ2v) is 8.46. The van der Waals surface area contributed by atoms with Crippen LogP contribution in [0.4, 0.5) is 5.69 Å². The normalized spacial score (nSPS) is 25.6. The molecule has 1 fully saturated rings. The molecule has 0 saturated heterocycles. The molecule has 0 amide bonds. The summed E-state index contributed by atoms with van der Waals surface area (Å²) in [7, 11) is -3.71. The molecule has 1 aliphatic rings. The number of rotatable bonds is 3. The molecule has 20 heavy (non-hydrogen) atoms. The summed E-state index contributed by atoms with van der Waals surface area (Å²) in [5.74, 6) is 0.513. The first-order valence-corrected chi connectivity index (χ1v) is 8.60. The van der Waals surface area contributed by atoms with E-state index in [0.717, 1.165) is 12.8 Å². The van der Waals surface area contributed by atoms with Crippen molar-refractivity contribution in [2.75, 3.05) is 5.32 Å². The predicted octanol–water partition coefficient (Wildman–Crippen LogP) is 3.22. The van der Waals surface area contributed by atoms with Gasteiger partial charge >= 0.3 is 0 Å². The van der Waals surface area contributed by atoms with Gasteiger partial charge in [0.2, 0.25) is 10.0 Å². The van der Waals surface area contributed by atoms with Crippen molar-refractivity contribution in [1.29, 1.82) is 0 Å². The molecule has 1 aliphatic carbocycles. The Morgan fingerprint density at radius 1 is 1.35 bits per heavy atom. The second kappa shape index (κ2) is 5.20. The lowest BCUT2D eigenvalue weighted by atomic mass is 9.91. The van der Waals surface area contributed by atoms with Crippen molar-refractivity contribution in [2.45, 2.75) is 44.6 Å². The number of nitrogens with two attached hydrogens (primary N) is 1. The Labute approximate surface area is 125 Å². The molecule has 0 bridgehead atoms. The molecule has 112 valence electrons. The highest BCUT2D eigenvalue weighted by molar-refractivity contribution is 7.89. The summed E-state index contributed by atoms with van der Waals surface area (Å²) in [6, 6.07) is 4.79. The number of nitrogens with one attached hydrogen (secondary N) is 1. The van der Waals surface area contributed by atoms with Crippen molar-refractivity contribution < 1.29 is 8.42 Å². The van der Waals surface area contributed by atoms with Crippen LogP contribution in [-0.4, -0.2) is 14.5 Å². The van der Waals surface area contributed by atoms with Crippen LogP contribution in [0.25, 0.3) is 0 Å². The Morgan fingerprint density at radius 3 is 2.50 bits per heavy atom. The zero-order chi connectivity index (χ0) is 15.1. The molecule has 1 saturated carbocycles. The van der Waals surface area contributed by atoms with E-state index >= 15 is 0 Å². The Morgan fingerprint density at radius 2 is 2.00 bits per heavy atom. The minimum atomic E-state index is -3.71. The fraction of sp³-hybridized carbons (Fsp3) is 0.571. The molecule has 0 radical (unpaired) electrons. The van der Waals surface area contributed by atoms with Gasteiger partial charge in [0.25, 0.3) is 0 Å². The standard InChI is InChI=1S/C14H21ClN2O2S/c1-9-7-14(2,3)8-13(9)17-12-6-10(20(16,18)19)4-5-11(12)15/h4-6,9,13,17H,7-8H2,1-3H3,(H2,16,18,19). The average Bonchev–Trinajstić information content (AvgIpc) is 2.53. The SMILES string of the molecule is CC1CC(C)(C)CC1Nc1cc(S(N)(=O)=O)ccc1Cl. The molecule has 0 aliphatic heterocycles. The van der Waals surface area contributed by atoms with Crippen LogP contribution in [0.15, 0.2) is 23.1 Å². The molecule has 6 heteroatoms. The Kier molecular flexibility index (Phi) is 4.06. The average molecular weight is 317 g/mol. The van der Waals surface area contributed by atoms with Gasteiger partial charge in [-0.15, -0.1) is 0 Å². The summed E-state index contributed by atoms with van der Waals surface area (Å²) in [4.78, 5) is 0.0781. The van der Waals surface area contributed by atoms with E-state index in [-0.39, 0.29) is 4.90 Å². The summed E-state index contributed by atoms with van der Waals surface area (Å²) in [5, 5.41) is 9.04. The third-order valence-electron chi connectivity index (χ3n) is 3.94. The molecular formula is C14H21ClN2O2S. The van der Waals surface area contributed by atoms with Gasteiger partial charge in [0.05, 0.1) is 15.6 Å². The molecule has 0 spiro atoms. The lowest BCUT2D eigenvalue weighted by molar-refractivity contribution is 0.366. The van der Waals surface area contributed by atoms with E-state index in [0.29, 0.717) is 28.1 Å². The van der Waals surface area contributed by atoms with Gasteiger partial charge in [0.1, 0.15) is 0 Å². The number of anilines is 1. The van der Waals surface area contributed by atoms with E-state index in [1.807, 2.05) is 0 Å². The minimum absolute atomic E-state index is 0.0781. The Balaban J connectivity index is 2.26. The summed E-state index contributed by atoms with van der Waals surface area (Å²) in [6.07, 6.45) is 2.17. The zero-order valence-corrected chi connectivity index (χ0v) is 13.6. The number of halogens is 1. The van der Waals surface area contributed by atoms with E-state index in [1.54, 1.807) is 6.07 Å². The summed E-state index contributed by atoms with van der Waals surface area (Å²) in [5.41, 5.74) is 0.925. The molecule has 0 heterocycles. The summed E-state index contributed by atoms with van der Waals surface area (Å²) < 4.78 is 22.8. The van der Waals surface area contributed by atoms with Gasteiger partial charge in [-0.2, -0.15) is 0 Å². The van der Waals surface area contributed by atoms with Gasteiger partial charge < -0.3 is 5.32 Å². The number of sulfonamides is 1. The molecule has 1 aromatic rings. The molecule has 0 aromatic heterocycles. The van der Waals surface area contributed by atoms with Crippen LogP contribution >= 0.6 is 11.6 Å². The van der Waals surface area contributed by atoms with E-state index < -0.39 is 10.0 Å². The summed E-state index contributed by atoms with van der Waals surface area (Å²) in [6.45, 7) is 6.69. The topological polar surface area (TPSA) is 72.2 Å². The molecule has 2 rings (SSSR count). The summed E-state index contributed by atoms with van der Waals surface area (Å²) >= 11 is 6.15. The first-order chi connectivity index (χ1) is 9.08. The highest BCUT2D eigenvalue weighted by atomic mass is 35.5. The quantitative estimate of drug-likeness (QED) is 0.899. The van der Waals surface area contributed by atoms with Gasteiger partial charge in [0, 0.05) is 6.04 Å². The second-order valence-electron chi connectivity index (χ2n) is 6.49. The van der Waals surface area contributed by atoms with Crippen molar-refractivity contribution in [1.82, 2.24) is 0 Å². The molecular weight excluding hydrogens is 296 g/mol. The van der Waals surface area contributed by atoms with Crippen molar-refractivity contribution in [3.05, 3.63) is 23.2 Å². The monoisotopic (exact) mass is 316 g/mol. The largest absolute Gasteiger partial charge is 0.381 e. The molecule has 1 aromatic carbocycles. The van der Waals surface area contributed by atoms with Gasteiger partial charge in [0.15, 0.2) is 0 Å². The van der Waals surface area contributed by atoms with Crippen molar-refractivity contribution in [3.8, 4) is 0 Å². The van der Waals surface area contributed by atoms with Crippen LogP contribution in [0.1, 0.15) is 33.6 Å². The predicted molar refractivity (Wildman–Crippen MR) is 82.4 cm³/mol. The van der Waals surface area contributed by atoms with E-state index in [1.165, 1.54) is 12.1 Å². The fourth-order valence-corrected chi connectivity index (χ4v) is 3.79. The molecule has 3 N–H and O–H groups in total. The van der Waals surface area contributed by atoms with Crippen LogP contribution in [0.5, 0.6) is 0 Å². The van der Waals surface area contributed by atoms with Crippen LogP contribution in [0, 0.1) is 11.3 Å². The highest BCUT2D eigenvalue weighted by Gasteiger charge is 2.36. The highest BCUT2D eigenvalue weighted by Crippen LogP contribution is 2.42. The van der Waals surface area contributed by atoms with E-state index in [4.69, 9.17) is 16.7 Å². The first kappa shape index (κ1) is 15.6. The number of hydrogen-bond acceptors (Lipinski definition) is 3. The number of primary sulfonamides is 1. The Hall–Kier alpha value is -0.780. The van der Waals surface area contributed by atoms with Gasteiger partial charge in [-0.25, -0.2) is 13.6 Å². The third-order valence-corrected chi connectivity index (χ3v) is 5.18. The number of hydrogen-bond donors (Lipinski definition) is 2. The maximum Gasteiger partial charge on any atom is 0.238 e. The van der Waals surface area contributed by atoms with Gasteiger partial charge in [-0.1, -0.05) is 32.4 Å². The Bertz CT molecular complexity index is 614. The zero-order valence-electron chi connectivity index (χ0n) is 12.0. The lowest BCUT2D eigenvalue weighted by Gasteiger charge is -2.21. The molecule has 2 unspecified atom stereocenters. The third kappa shape index (κ3) is 3.45. The number of benzene rings is 1. The first-order valence-electron chi connectivity index (χ1n) is 6.67. The minimum Gasteiger partial charge on any atom is -0.381 e. The van der Waals surface area contributed by atoms with Crippen molar-refractivity contribution in [2.24, 2.45) is 16.5 Å². The van der Waals surface area contributed by atoms with Crippen LogP contribution in [0.3, 0.4) is 0 Å². The van der Waals surface area contributed by atoms with Gasteiger partial charge in [-0.05, 0) is 42.4 Å². The van der Waals surface area contributed by atoms with Crippen molar-refractivity contribution >= 4 is 27.3 Å². The smallest absolute Gasteiger partial charge is 0.238 e. The fourth-order valence-electron chi connectivity index (χ4n) is 3.08. The van der Waals surface area contributed by atoms with E-state index in [2.05, 4.69) is 26.1 Å². The maximum absolute atomic E-state index is 11.4. The molecule has 4 nitrogen and oxygen atoms in total. The van der Waals surface area contributed by atoms with Crippen LogP contribution < -0.4 is 10.5 Å². The van der Waals surface area contributed by atoms with Crippen LogP contribution in [-0.2, 0) is 10.0 Å². The van der Waals surface area contributed by atoms with Crippen LogP contribution in [0.2, 0.25) is 5.02 Å². The van der Waals surface area contributed by atoms with Gasteiger partial charge in [-0.3, -0.25) is 0 Å². The lowest BCUT2D eigenvalue weighted by Crippen LogP contribution is -2.23.